The number of nitrogens with zero attached hydrogens (tertiary/aromatic N) is 3. The van der Waals surface area contributed by atoms with Crippen LogP contribution in [0.2, 0.25) is 0 Å². The van der Waals surface area contributed by atoms with E-state index in [9.17, 15) is 14.0 Å². The maximum atomic E-state index is 14.8. The number of urea groups is 1. The molecule has 28 heavy (non-hydrogen) atoms. The quantitative estimate of drug-likeness (QED) is 0.793. The molecule has 1 atom stereocenters. The first-order valence-electron chi connectivity index (χ1n) is 9.49. The Bertz CT molecular complexity index is 759. The van der Waals surface area contributed by atoms with E-state index >= 15 is 0 Å². The monoisotopic (exact) mass is 393 g/mol. The van der Waals surface area contributed by atoms with Gasteiger partial charge in [-0.15, -0.1) is 0 Å². The first-order valence-corrected chi connectivity index (χ1v) is 9.49. The summed E-state index contributed by atoms with van der Waals surface area (Å²) in [7, 11) is 0. The van der Waals surface area contributed by atoms with Crippen molar-refractivity contribution < 1.29 is 23.6 Å². The van der Waals surface area contributed by atoms with Crippen molar-refractivity contribution in [1.82, 2.24) is 10.4 Å². The van der Waals surface area contributed by atoms with E-state index in [0.717, 1.165) is 12.8 Å². The molecule has 3 aliphatic rings. The molecule has 3 fully saturated rings. The van der Waals surface area contributed by atoms with E-state index < -0.39 is 11.9 Å². The zero-order valence-electron chi connectivity index (χ0n) is 15.5. The Hall–Kier alpha value is -2.59. The van der Waals surface area contributed by atoms with Gasteiger partial charge in [-0.3, -0.25) is 9.74 Å². The zero-order chi connectivity index (χ0) is 19.7. The highest BCUT2D eigenvalue weighted by molar-refractivity contribution is 5.90. The summed E-state index contributed by atoms with van der Waals surface area (Å²) < 4.78 is 19.9. The number of halogens is 1. The van der Waals surface area contributed by atoms with Crippen LogP contribution in [0.4, 0.5) is 25.4 Å². The van der Waals surface area contributed by atoms with Crippen LogP contribution < -0.4 is 20.9 Å². The van der Waals surface area contributed by atoms with Gasteiger partial charge in [-0.25, -0.2) is 19.0 Å². The Morgan fingerprint density at radius 3 is 2.79 bits per heavy atom. The molecule has 2 aliphatic heterocycles. The molecule has 3 amide bonds. The van der Waals surface area contributed by atoms with Crippen molar-refractivity contribution in [1.29, 1.82) is 0 Å². The SMILES string of the molecule is NC[C@H]1CN(c2ccc(N3CCON(C(=O)NC4CC4)CC3)c(F)c2)C(=O)O1. The number of carbonyl (C=O) groups is 2. The van der Waals surface area contributed by atoms with E-state index in [2.05, 4.69) is 5.32 Å². The Kier molecular flexibility index (Phi) is 5.23. The van der Waals surface area contributed by atoms with Crippen molar-refractivity contribution in [3.8, 4) is 0 Å². The predicted octanol–water partition coefficient (Wildman–Crippen LogP) is 1.04. The standard InChI is InChI=1S/C18H24FN5O4/c19-15-9-13(23-11-14(10-20)28-18(23)26)3-4-16(15)22-5-6-24(27-8-7-22)17(25)21-12-1-2-12/h3-4,9,12,14H,1-2,5-8,10-11,20H2,(H,21,25)/t14-/m0/s1. The Balaban J connectivity index is 1.41. The number of hydroxylamine groups is 2. The summed E-state index contributed by atoms with van der Waals surface area (Å²) in [4.78, 5) is 32.8. The van der Waals surface area contributed by atoms with E-state index in [4.69, 9.17) is 15.3 Å². The molecule has 9 nitrogen and oxygen atoms in total. The van der Waals surface area contributed by atoms with E-state index in [-0.39, 0.29) is 31.3 Å². The maximum Gasteiger partial charge on any atom is 0.414 e. The summed E-state index contributed by atoms with van der Waals surface area (Å²) in [6.07, 6.45) is 1.09. The molecule has 1 saturated carbocycles. The van der Waals surface area contributed by atoms with Crippen LogP contribution in [0.1, 0.15) is 12.8 Å². The Morgan fingerprint density at radius 1 is 1.29 bits per heavy atom. The van der Waals surface area contributed by atoms with Gasteiger partial charge in [-0.2, -0.15) is 0 Å². The summed E-state index contributed by atoms with van der Waals surface area (Å²) in [6.45, 7) is 2.02. The van der Waals surface area contributed by atoms with Gasteiger partial charge in [-0.05, 0) is 31.0 Å². The molecule has 0 spiro atoms. The maximum absolute atomic E-state index is 14.8. The van der Waals surface area contributed by atoms with E-state index in [1.165, 1.54) is 16.0 Å². The van der Waals surface area contributed by atoms with Crippen LogP contribution in [-0.2, 0) is 9.57 Å². The lowest BCUT2D eigenvalue weighted by molar-refractivity contribution is -0.104. The van der Waals surface area contributed by atoms with E-state index in [1.807, 2.05) is 4.90 Å². The van der Waals surface area contributed by atoms with Gasteiger partial charge in [0, 0.05) is 25.7 Å². The highest BCUT2D eigenvalue weighted by atomic mass is 19.1. The van der Waals surface area contributed by atoms with Gasteiger partial charge in [0.25, 0.3) is 0 Å². The number of hydrogen-bond donors (Lipinski definition) is 2. The van der Waals surface area contributed by atoms with Crippen LogP contribution in [-0.4, -0.2) is 68.7 Å². The molecule has 152 valence electrons. The van der Waals surface area contributed by atoms with Crippen LogP contribution in [0.15, 0.2) is 18.2 Å². The van der Waals surface area contributed by atoms with Crippen molar-refractivity contribution in [2.24, 2.45) is 5.73 Å². The molecule has 3 N–H and O–H groups in total. The molecule has 1 aromatic carbocycles. The minimum absolute atomic E-state index is 0.224. The molecule has 0 radical (unpaired) electrons. The lowest BCUT2D eigenvalue weighted by Gasteiger charge is -2.24. The van der Waals surface area contributed by atoms with Gasteiger partial charge < -0.3 is 20.7 Å². The van der Waals surface area contributed by atoms with E-state index in [0.29, 0.717) is 37.6 Å². The second-order valence-corrected chi connectivity index (χ2v) is 7.13. The smallest absolute Gasteiger partial charge is 0.414 e. The normalized spacial score (nSPS) is 22.9. The molecule has 2 saturated heterocycles. The van der Waals surface area contributed by atoms with Crippen molar-refractivity contribution in [2.45, 2.75) is 25.0 Å². The van der Waals surface area contributed by atoms with Gasteiger partial charge in [0.2, 0.25) is 0 Å². The van der Waals surface area contributed by atoms with Gasteiger partial charge in [0.15, 0.2) is 0 Å². The third-order valence-electron chi connectivity index (χ3n) is 5.03. The van der Waals surface area contributed by atoms with Crippen molar-refractivity contribution in [3.05, 3.63) is 24.0 Å². The van der Waals surface area contributed by atoms with Gasteiger partial charge in [0.1, 0.15) is 11.9 Å². The van der Waals surface area contributed by atoms with Gasteiger partial charge in [-0.1, -0.05) is 0 Å². The average Bonchev–Trinajstić information content (AvgIpc) is 3.45. The van der Waals surface area contributed by atoms with Gasteiger partial charge >= 0.3 is 12.1 Å². The third-order valence-corrected chi connectivity index (χ3v) is 5.03. The third kappa shape index (κ3) is 3.97. The number of ether oxygens (including phenoxy) is 1. The summed E-state index contributed by atoms with van der Waals surface area (Å²) in [6, 6.07) is 4.63. The number of hydrogen-bond acceptors (Lipinski definition) is 6. The summed E-state index contributed by atoms with van der Waals surface area (Å²) in [5, 5.41) is 4.18. The first kappa shape index (κ1) is 18.8. The predicted molar refractivity (Wildman–Crippen MR) is 99.5 cm³/mol. The number of amides is 3. The average molecular weight is 393 g/mol. The highest BCUT2D eigenvalue weighted by Gasteiger charge is 2.32. The van der Waals surface area contributed by atoms with Crippen LogP contribution in [0.25, 0.3) is 0 Å². The number of nitrogens with one attached hydrogen (secondary N) is 1. The molecule has 0 unspecified atom stereocenters. The topological polar surface area (TPSA) is 100 Å². The second-order valence-electron chi connectivity index (χ2n) is 7.13. The molecule has 1 aromatic rings. The Labute approximate surface area is 162 Å². The molecule has 10 heteroatoms. The molecule has 2 heterocycles. The van der Waals surface area contributed by atoms with Crippen LogP contribution in [0.5, 0.6) is 0 Å². The van der Waals surface area contributed by atoms with Crippen LogP contribution >= 0.6 is 0 Å². The van der Waals surface area contributed by atoms with Gasteiger partial charge in [0.05, 0.1) is 31.1 Å². The molecule has 4 rings (SSSR count). The molecule has 0 aromatic heterocycles. The molecule has 0 bridgehead atoms. The molecular formula is C18H24FN5O4. The number of anilines is 2. The zero-order valence-corrected chi connectivity index (χ0v) is 15.5. The number of nitrogens with two attached hydrogens (primary N) is 1. The lowest BCUT2D eigenvalue weighted by atomic mass is 10.2. The number of cyclic esters (lactones) is 1. The summed E-state index contributed by atoms with van der Waals surface area (Å²) >= 11 is 0. The largest absolute Gasteiger partial charge is 0.443 e. The fraction of sp³-hybridized carbons (Fsp3) is 0.556. The second kappa shape index (κ2) is 7.80. The number of carbonyl (C=O) groups excluding carboxylic acids is 2. The van der Waals surface area contributed by atoms with E-state index in [1.54, 1.807) is 12.1 Å². The minimum Gasteiger partial charge on any atom is -0.443 e. The minimum atomic E-state index is -0.525. The summed E-state index contributed by atoms with van der Waals surface area (Å²) in [5.74, 6) is -0.447. The van der Waals surface area contributed by atoms with Crippen molar-refractivity contribution in [3.63, 3.8) is 0 Å². The highest BCUT2D eigenvalue weighted by Crippen LogP contribution is 2.28. The van der Waals surface area contributed by atoms with Crippen LogP contribution in [0.3, 0.4) is 0 Å². The number of rotatable bonds is 4. The number of benzene rings is 1. The van der Waals surface area contributed by atoms with Crippen molar-refractivity contribution in [2.75, 3.05) is 49.1 Å². The first-order chi connectivity index (χ1) is 13.5. The molecular weight excluding hydrogens is 369 g/mol. The molecule has 1 aliphatic carbocycles. The van der Waals surface area contributed by atoms with Crippen LogP contribution in [0, 0.1) is 5.82 Å². The van der Waals surface area contributed by atoms with Crippen molar-refractivity contribution >= 4 is 23.5 Å². The fourth-order valence-corrected chi connectivity index (χ4v) is 3.30. The Morgan fingerprint density at radius 2 is 2.11 bits per heavy atom. The lowest BCUT2D eigenvalue weighted by Crippen LogP contribution is -2.42. The fourth-order valence-electron chi connectivity index (χ4n) is 3.30. The summed E-state index contributed by atoms with van der Waals surface area (Å²) in [5.41, 5.74) is 6.37.